The molecule has 0 spiro atoms. The van der Waals surface area contributed by atoms with E-state index in [9.17, 15) is 18.7 Å². The monoisotopic (exact) mass is 444 g/mol. The van der Waals surface area contributed by atoms with Crippen molar-refractivity contribution in [3.63, 3.8) is 0 Å². The van der Waals surface area contributed by atoms with Gasteiger partial charge in [-0.3, -0.25) is 4.90 Å². The van der Waals surface area contributed by atoms with Crippen molar-refractivity contribution in [2.24, 2.45) is 0 Å². The molecule has 2 aromatic carbocycles. The van der Waals surface area contributed by atoms with E-state index in [-0.39, 0.29) is 24.1 Å². The van der Waals surface area contributed by atoms with Crippen molar-refractivity contribution >= 4 is 16.9 Å². The van der Waals surface area contributed by atoms with Gasteiger partial charge in [0.25, 0.3) is 6.43 Å². The molecule has 6 nitrogen and oxygen atoms in total. The molecule has 0 radical (unpaired) electrons. The third-order valence-electron chi connectivity index (χ3n) is 6.06. The molecule has 1 aliphatic rings. The van der Waals surface area contributed by atoms with E-state index in [4.69, 9.17) is 9.47 Å². The number of carbonyl (C=O) groups is 1. The first-order chi connectivity index (χ1) is 15.4. The number of carboxylic acid groups (broad SMARTS) is 1. The molecule has 0 bridgehead atoms. The van der Waals surface area contributed by atoms with Gasteiger partial charge in [-0.1, -0.05) is 12.1 Å². The topological polar surface area (TPSA) is 74.8 Å². The van der Waals surface area contributed by atoms with Crippen molar-refractivity contribution in [1.29, 1.82) is 0 Å². The molecule has 1 fully saturated rings. The number of aromatic amines is 1. The van der Waals surface area contributed by atoms with Gasteiger partial charge in [0, 0.05) is 30.6 Å². The number of nitrogens with one attached hydrogen (secondary N) is 1. The number of ether oxygens (including phenoxy) is 2. The minimum atomic E-state index is -2.42. The molecule has 3 aromatic rings. The SMILES string of the molecule is COc1cc(C)c2[nH]ccc2c1O[C@H]1CCN(CC(F)F)C[C@@H]1c1ccc(C(=O)O)cc1. The third kappa shape index (κ3) is 4.41. The van der Waals surface area contributed by atoms with Crippen molar-refractivity contribution in [2.45, 2.75) is 31.8 Å². The number of aryl methyl sites for hydroxylation is 1. The van der Waals surface area contributed by atoms with E-state index in [0.717, 1.165) is 22.0 Å². The maximum Gasteiger partial charge on any atom is 0.335 e. The molecule has 1 saturated heterocycles. The van der Waals surface area contributed by atoms with Gasteiger partial charge in [-0.25, -0.2) is 13.6 Å². The number of hydrogen-bond acceptors (Lipinski definition) is 4. The largest absolute Gasteiger partial charge is 0.493 e. The Morgan fingerprint density at radius 2 is 2.03 bits per heavy atom. The van der Waals surface area contributed by atoms with E-state index in [0.29, 0.717) is 31.0 Å². The van der Waals surface area contributed by atoms with Gasteiger partial charge in [-0.15, -0.1) is 0 Å². The number of likely N-dealkylation sites (tertiary alicyclic amines) is 1. The molecule has 0 saturated carbocycles. The highest BCUT2D eigenvalue weighted by atomic mass is 19.3. The van der Waals surface area contributed by atoms with E-state index in [1.165, 1.54) is 12.1 Å². The fourth-order valence-corrected chi connectivity index (χ4v) is 4.47. The Labute approximate surface area is 184 Å². The molecule has 1 aromatic heterocycles. The lowest BCUT2D eigenvalue weighted by atomic mass is 9.87. The summed E-state index contributed by atoms with van der Waals surface area (Å²) in [5, 5.41) is 10.1. The summed E-state index contributed by atoms with van der Waals surface area (Å²) < 4.78 is 38.2. The Hall–Kier alpha value is -3.13. The summed E-state index contributed by atoms with van der Waals surface area (Å²) in [6.45, 7) is 2.57. The first kappa shape index (κ1) is 22.1. The van der Waals surface area contributed by atoms with Crippen molar-refractivity contribution in [3.8, 4) is 11.5 Å². The number of nitrogens with zero attached hydrogens (tertiary/aromatic N) is 1. The molecule has 1 aliphatic heterocycles. The first-order valence-electron chi connectivity index (χ1n) is 10.5. The van der Waals surface area contributed by atoms with Crippen LogP contribution in [-0.4, -0.2) is 60.2 Å². The van der Waals surface area contributed by atoms with Crippen molar-refractivity contribution in [3.05, 3.63) is 59.3 Å². The van der Waals surface area contributed by atoms with E-state index in [2.05, 4.69) is 4.98 Å². The molecular weight excluding hydrogens is 418 g/mol. The molecular formula is C24H26F2N2O4. The first-order valence-corrected chi connectivity index (χ1v) is 10.5. The van der Waals surface area contributed by atoms with Gasteiger partial charge in [0.1, 0.15) is 6.10 Å². The Kier molecular flexibility index (Phi) is 6.32. The number of aromatic carboxylic acids is 1. The van der Waals surface area contributed by atoms with Crippen molar-refractivity contribution in [2.75, 3.05) is 26.7 Å². The van der Waals surface area contributed by atoms with Crippen LogP contribution in [0.2, 0.25) is 0 Å². The maximum atomic E-state index is 13.1. The van der Waals surface area contributed by atoms with Crippen LogP contribution in [0.1, 0.15) is 33.8 Å². The molecule has 0 aliphatic carbocycles. The normalized spacial score (nSPS) is 19.4. The number of alkyl halides is 2. The van der Waals surface area contributed by atoms with Crippen LogP contribution in [0.3, 0.4) is 0 Å². The molecule has 2 atom stereocenters. The van der Waals surface area contributed by atoms with Crippen LogP contribution in [0.5, 0.6) is 11.5 Å². The summed E-state index contributed by atoms with van der Waals surface area (Å²) in [7, 11) is 1.59. The molecule has 0 unspecified atom stereocenters. The zero-order valence-electron chi connectivity index (χ0n) is 18.0. The van der Waals surface area contributed by atoms with E-state index in [1.54, 1.807) is 24.1 Å². The van der Waals surface area contributed by atoms with Gasteiger partial charge in [0.15, 0.2) is 11.5 Å². The van der Waals surface area contributed by atoms with Crippen LogP contribution in [0.15, 0.2) is 42.6 Å². The standard InChI is InChI=1S/C24H26F2N2O4/c1-14-11-20(31-2)23(17-7-9-27-22(14)17)32-19-8-10-28(13-21(25)26)12-18(19)15-3-5-16(6-4-15)24(29)30/h3-7,9,11,18-19,21,27H,8,10,12-13H2,1-2H3,(H,29,30)/t18-,19+/m1/s1. The minimum absolute atomic E-state index is 0.181. The van der Waals surface area contributed by atoms with Crippen LogP contribution in [0.4, 0.5) is 8.78 Å². The quantitative estimate of drug-likeness (QED) is 0.553. The van der Waals surface area contributed by atoms with Gasteiger partial charge in [0.05, 0.1) is 24.7 Å². The highest BCUT2D eigenvalue weighted by Gasteiger charge is 2.34. The summed E-state index contributed by atoms with van der Waals surface area (Å²) in [4.78, 5) is 16.2. The number of hydrogen-bond donors (Lipinski definition) is 2. The van der Waals surface area contributed by atoms with Crippen molar-refractivity contribution in [1.82, 2.24) is 9.88 Å². The highest BCUT2D eigenvalue weighted by Crippen LogP contribution is 2.41. The van der Waals surface area contributed by atoms with Gasteiger partial charge >= 0.3 is 5.97 Å². The van der Waals surface area contributed by atoms with Crippen LogP contribution >= 0.6 is 0 Å². The Bertz CT molecular complexity index is 1100. The van der Waals surface area contributed by atoms with E-state index < -0.39 is 12.4 Å². The van der Waals surface area contributed by atoms with Gasteiger partial charge in [0.2, 0.25) is 0 Å². The van der Waals surface area contributed by atoms with Crippen molar-refractivity contribution < 1.29 is 28.2 Å². The second kappa shape index (κ2) is 9.16. The lowest BCUT2D eigenvalue weighted by molar-refractivity contribution is 0.0348. The van der Waals surface area contributed by atoms with Gasteiger partial charge < -0.3 is 19.6 Å². The van der Waals surface area contributed by atoms with Crippen LogP contribution in [0, 0.1) is 6.92 Å². The number of fused-ring (bicyclic) bond motifs is 1. The number of methoxy groups -OCH3 is 1. The Balaban J connectivity index is 1.68. The second-order valence-electron chi connectivity index (χ2n) is 8.12. The fourth-order valence-electron chi connectivity index (χ4n) is 4.47. The zero-order chi connectivity index (χ0) is 22.8. The van der Waals surface area contributed by atoms with Gasteiger partial charge in [-0.05, 0) is 48.7 Å². The van der Waals surface area contributed by atoms with Crippen LogP contribution in [-0.2, 0) is 0 Å². The smallest absolute Gasteiger partial charge is 0.335 e. The summed E-state index contributed by atoms with van der Waals surface area (Å²) in [5.74, 6) is 0.0234. The fraction of sp³-hybridized carbons (Fsp3) is 0.375. The minimum Gasteiger partial charge on any atom is -0.493 e. The number of rotatable bonds is 7. The number of halogens is 2. The lowest BCUT2D eigenvalue weighted by Crippen LogP contribution is -2.45. The predicted octanol–water partition coefficient (Wildman–Crippen LogP) is 4.69. The lowest BCUT2D eigenvalue weighted by Gasteiger charge is -2.39. The second-order valence-corrected chi connectivity index (χ2v) is 8.12. The average Bonchev–Trinajstić information content (AvgIpc) is 3.27. The zero-order valence-corrected chi connectivity index (χ0v) is 18.0. The maximum absolute atomic E-state index is 13.1. The number of piperidine rings is 1. The molecule has 8 heteroatoms. The Morgan fingerprint density at radius 3 is 2.69 bits per heavy atom. The number of benzene rings is 2. The number of H-pyrrole nitrogens is 1. The van der Waals surface area contributed by atoms with E-state index >= 15 is 0 Å². The summed E-state index contributed by atoms with van der Waals surface area (Å²) in [6, 6.07) is 10.4. The average molecular weight is 444 g/mol. The highest BCUT2D eigenvalue weighted by molar-refractivity contribution is 5.91. The van der Waals surface area contributed by atoms with E-state index in [1.807, 2.05) is 25.3 Å². The molecule has 2 heterocycles. The molecule has 32 heavy (non-hydrogen) atoms. The summed E-state index contributed by atoms with van der Waals surface area (Å²) in [5.41, 5.74) is 3.02. The third-order valence-corrected chi connectivity index (χ3v) is 6.06. The number of carboxylic acids is 1. The van der Waals surface area contributed by atoms with Gasteiger partial charge in [-0.2, -0.15) is 0 Å². The number of aromatic nitrogens is 1. The Morgan fingerprint density at radius 1 is 1.28 bits per heavy atom. The summed E-state index contributed by atoms with van der Waals surface area (Å²) >= 11 is 0. The summed E-state index contributed by atoms with van der Waals surface area (Å²) in [6.07, 6.45) is -0.299. The predicted molar refractivity (Wildman–Crippen MR) is 117 cm³/mol. The van der Waals surface area contributed by atoms with Crippen LogP contribution < -0.4 is 9.47 Å². The van der Waals surface area contributed by atoms with Crippen LogP contribution in [0.25, 0.3) is 10.9 Å². The molecule has 0 amide bonds. The molecule has 4 rings (SSSR count). The molecule has 2 N–H and O–H groups in total. The molecule has 170 valence electrons.